The molecule has 2 rings (SSSR count). The van der Waals surface area contributed by atoms with E-state index in [0.29, 0.717) is 6.42 Å². The van der Waals surface area contributed by atoms with Crippen LogP contribution in [0.15, 0.2) is 60.7 Å². The number of carbonyl (C=O) groups is 2. The lowest BCUT2D eigenvalue weighted by Gasteiger charge is -2.22. The molecule has 0 aliphatic rings. The minimum absolute atomic E-state index is 0.151. The summed E-state index contributed by atoms with van der Waals surface area (Å²) in [5, 5.41) is 0. The Morgan fingerprint density at radius 1 is 0.920 bits per heavy atom. The molecule has 2 aromatic carbocycles. The number of benzene rings is 2. The van der Waals surface area contributed by atoms with Crippen molar-refractivity contribution in [1.29, 1.82) is 0 Å². The fourth-order valence-corrected chi connectivity index (χ4v) is 2.77. The van der Waals surface area contributed by atoms with E-state index in [1.165, 1.54) is 14.0 Å². The van der Waals surface area contributed by atoms with Gasteiger partial charge in [-0.2, -0.15) is 0 Å². The maximum absolute atomic E-state index is 12.4. The number of Topliss-reactive ketones (excluding diaryl/α,β-unsaturated/α-hetero) is 1. The molecular formula is C21H24O4. The molecule has 0 aromatic heterocycles. The zero-order valence-electron chi connectivity index (χ0n) is 14.7. The molecule has 132 valence electrons. The van der Waals surface area contributed by atoms with E-state index in [1.807, 2.05) is 60.7 Å². The molecule has 0 heterocycles. The number of aryl methyl sites for hydroxylation is 1. The highest BCUT2D eigenvalue weighted by Crippen LogP contribution is 2.18. The fourth-order valence-electron chi connectivity index (χ4n) is 2.77. The summed E-state index contributed by atoms with van der Waals surface area (Å²) >= 11 is 0. The third-order valence-corrected chi connectivity index (χ3v) is 4.15. The molecule has 4 heteroatoms. The lowest BCUT2D eigenvalue weighted by molar-refractivity contribution is -0.158. The lowest BCUT2D eigenvalue weighted by atomic mass is 9.93. The van der Waals surface area contributed by atoms with E-state index in [1.54, 1.807) is 0 Å². The predicted octanol–water partition coefficient (Wildman–Crippen LogP) is 3.58. The van der Waals surface area contributed by atoms with Gasteiger partial charge in [-0.15, -0.1) is 0 Å². The molecular weight excluding hydrogens is 316 g/mol. The van der Waals surface area contributed by atoms with Crippen LogP contribution in [-0.4, -0.2) is 25.0 Å². The van der Waals surface area contributed by atoms with Gasteiger partial charge in [0.05, 0.1) is 6.10 Å². The van der Waals surface area contributed by atoms with Gasteiger partial charge in [0.2, 0.25) is 0 Å². The molecule has 0 radical (unpaired) electrons. The van der Waals surface area contributed by atoms with Crippen LogP contribution in [0.3, 0.4) is 0 Å². The van der Waals surface area contributed by atoms with Crippen molar-refractivity contribution in [2.24, 2.45) is 5.92 Å². The lowest BCUT2D eigenvalue weighted by Crippen LogP contribution is -2.36. The molecule has 25 heavy (non-hydrogen) atoms. The van der Waals surface area contributed by atoms with E-state index in [-0.39, 0.29) is 12.4 Å². The van der Waals surface area contributed by atoms with E-state index in [9.17, 15) is 9.59 Å². The van der Waals surface area contributed by atoms with Gasteiger partial charge >= 0.3 is 5.97 Å². The first-order valence-corrected chi connectivity index (χ1v) is 8.39. The Kier molecular flexibility index (Phi) is 7.36. The third-order valence-electron chi connectivity index (χ3n) is 4.15. The van der Waals surface area contributed by atoms with Crippen LogP contribution in [0.5, 0.6) is 0 Å². The molecule has 0 aliphatic carbocycles. The number of hydrogen-bond donors (Lipinski definition) is 0. The normalized spacial score (nSPS) is 13.0. The average molecular weight is 340 g/mol. The first-order chi connectivity index (χ1) is 12.1. The predicted molar refractivity (Wildman–Crippen MR) is 96.0 cm³/mol. The van der Waals surface area contributed by atoms with Gasteiger partial charge in [-0.1, -0.05) is 60.7 Å². The van der Waals surface area contributed by atoms with E-state index in [2.05, 4.69) is 0 Å². The molecule has 0 saturated carbocycles. The fraction of sp³-hybridized carbons (Fsp3) is 0.333. The molecule has 4 nitrogen and oxygen atoms in total. The number of carbonyl (C=O) groups excluding carboxylic acids is 2. The monoisotopic (exact) mass is 340 g/mol. The summed E-state index contributed by atoms with van der Waals surface area (Å²) < 4.78 is 10.8. The number of methoxy groups -OCH3 is 1. The first-order valence-electron chi connectivity index (χ1n) is 8.39. The van der Waals surface area contributed by atoms with Gasteiger partial charge in [-0.25, -0.2) is 0 Å². The van der Waals surface area contributed by atoms with Gasteiger partial charge in [-0.05, 0) is 30.9 Å². The summed E-state index contributed by atoms with van der Waals surface area (Å²) in [5.41, 5.74) is 2.03. The van der Waals surface area contributed by atoms with Crippen LogP contribution in [0, 0.1) is 5.92 Å². The van der Waals surface area contributed by atoms with Crippen molar-refractivity contribution in [3.05, 3.63) is 71.8 Å². The minimum atomic E-state index is -0.905. The second-order valence-electron chi connectivity index (χ2n) is 5.98. The van der Waals surface area contributed by atoms with Crippen molar-refractivity contribution in [3.8, 4) is 0 Å². The van der Waals surface area contributed by atoms with Gasteiger partial charge in [0.15, 0.2) is 0 Å². The van der Waals surface area contributed by atoms with Crippen molar-refractivity contribution >= 4 is 11.8 Å². The average Bonchev–Trinajstić information content (AvgIpc) is 2.64. The zero-order chi connectivity index (χ0) is 18.1. The van der Waals surface area contributed by atoms with Crippen molar-refractivity contribution in [2.45, 2.75) is 32.5 Å². The molecule has 0 amide bonds. The number of esters is 1. The molecule has 0 aliphatic heterocycles. The summed E-state index contributed by atoms with van der Waals surface area (Å²) in [6.07, 6.45) is 0.807. The van der Waals surface area contributed by atoms with Crippen molar-refractivity contribution in [3.63, 3.8) is 0 Å². The number of rotatable bonds is 9. The SMILES string of the molecule is COC(CCc1ccccc1)C(C(C)=O)C(=O)OCc1ccccc1. The summed E-state index contributed by atoms with van der Waals surface area (Å²) in [4.78, 5) is 24.5. The van der Waals surface area contributed by atoms with Crippen molar-refractivity contribution < 1.29 is 19.1 Å². The molecule has 0 N–H and O–H groups in total. The van der Waals surface area contributed by atoms with Crippen LogP contribution >= 0.6 is 0 Å². The van der Waals surface area contributed by atoms with Gasteiger partial charge in [0.1, 0.15) is 18.3 Å². The van der Waals surface area contributed by atoms with Crippen LogP contribution in [0.2, 0.25) is 0 Å². The molecule has 2 unspecified atom stereocenters. The smallest absolute Gasteiger partial charge is 0.319 e. The van der Waals surface area contributed by atoms with Crippen LogP contribution < -0.4 is 0 Å². The highest BCUT2D eigenvalue weighted by molar-refractivity contribution is 5.98. The summed E-state index contributed by atoms with van der Waals surface area (Å²) in [5.74, 6) is -1.67. The topological polar surface area (TPSA) is 52.6 Å². The highest BCUT2D eigenvalue weighted by Gasteiger charge is 2.33. The molecule has 0 spiro atoms. The second kappa shape index (κ2) is 9.74. The Bertz CT molecular complexity index is 667. The number of ether oxygens (including phenoxy) is 2. The maximum atomic E-state index is 12.4. The maximum Gasteiger partial charge on any atom is 0.319 e. The van der Waals surface area contributed by atoms with Crippen molar-refractivity contribution in [1.82, 2.24) is 0 Å². The van der Waals surface area contributed by atoms with E-state index in [0.717, 1.165) is 17.5 Å². The molecule has 0 saturated heterocycles. The Morgan fingerprint density at radius 3 is 2.00 bits per heavy atom. The largest absolute Gasteiger partial charge is 0.460 e. The van der Waals surface area contributed by atoms with Gasteiger partial charge in [-0.3, -0.25) is 9.59 Å². The highest BCUT2D eigenvalue weighted by atomic mass is 16.5. The van der Waals surface area contributed by atoms with Crippen LogP contribution in [0.4, 0.5) is 0 Å². The Hall–Kier alpha value is -2.46. The summed E-state index contributed by atoms with van der Waals surface area (Å²) in [6, 6.07) is 19.3. The number of hydrogen-bond acceptors (Lipinski definition) is 4. The summed E-state index contributed by atoms with van der Waals surface area (Å²) in [6.45, 7) is 1.56. The molecule has 2 aromatic rings. The molecule has 0 bridgehead atoms. The molecule has 2 atom stereocenters. The van der Waals surface area contributed by atoms with Crippen LogP contribution in [0.1, 0.15) is 24.5 Å². The minimum Gasteiger partial charge on any atom is -0.460 e. The third kappa shape index (κ3) is 5.84. The first kappa shape index (κ1) is 18.9. The van der Waals surface area contributed by atoms with Crippen LogP contribution in [-0.2, 0) is 32.1 Å². The summed E-state index contributed by atoms with van der Waals surface area (Å²) in [7, 11) is 1.52. The zero-order valence-corrected chi connectivity index (χ0v) is 14.7. The van der Waals surface area contributed by atoms with E-state index >= 15 is 0 Å². The van der Waals surface area contributed by atoms with E-state index in [4.69, 9.17) is 9.47 Å². The quantitative estimate of drug-likeness (QED) is 0.517. The van der Waals surface area contributed by atoms with E-state index < -0.39 is 18.0 Å². The Balaban J connectivity index is 1.98. The van der Waals surface area contributed by atoms with Gasteiger partial charge in [0.25, 0.3) is 0 Å². The molecule has 0 fully saturated rings. The van der Waals surface area contributed by atoms with Gasteiger partial charge in [0, 0.05) is 7.11 Å². The standard InChI is InChI=1S/C21H24O4/c1-16(22)20(21(23)25-15-18-11-7-4-8-12-18)19(24-2)14-13-17-9-5-3-6-10-17/h3-12,19-20H,13-15H2,1-2H3. The Labute approximate surface area is 148 Å². The Morgan fingerprint density at radius 2 is 1.48 bits per heavy atom. The van der Waals surface area contributed by atoms with Crippen molar-refractivity contribution in [2.75, 3.05) is 7.11 Å². The number of ketones is 1. The van der Waals surface area contributed by atoms with Gasteiger partial charge < -0.3 is 9.47 Å². The van der Waals surface area contributed by atoms with Crippen LogP contribution in [0.25, 0.3) is 0 Å². The second-order valence-corrected chi connectivity index (χ2v) is 5.98.